The molecule has 0 aliphatic rings. The molecule has 4 aromatic carbocycles. The molecule has 0 heterocycles. The Kier molecular flexibility index (Phi) is 10.7. The van der Waals surface area contributed by atoms with Crippen molar-refractivity contribution in [3.8, 4) is 17.2 Å². The normalized spacial score (nSPS) is 11.3. The van der Waals surface area contributed by atoms with Crippen molar-refractivity contribution in [2.75, 3.05) is 23.7 Å². The lowest BCUT2D eigenvalue weighted by molar-refractivity contribution is 0.251. The number of hydrogen-bond acceptors (Lipinski definition) is 9. The highest BCUT2D eigenvalue weighted by molar-refractivity contribution is 7.87. The number of nitrogens with one attached hydrogen (secondary N) is 4. The first-order valence-electron chi connectivity index (χ1n) is 13.9. The van der Waals surface area contributed by atoms with E-state index in [2.05, 4.69) is 21.3 Å². The Bertz CT molecular complexity index is 1910. The number of anilines is 2. The van der Waals surface area contributed by atoms with Crippen molar-refractivity contribution in [2.45, 2.75) is 30.1 Å². The smallest absolute Gasteiger partial charge is 0.339 e. The summed E-state index contributed by atoms with van der Waals surface area (Å²) in [4.78, 5) is 23.9. The molecule has 0 atom stereocenters. The molecular weight excluding hydrogens is 636 g/mol. The van der Waals surface area contributed by atoms with E-state index in [1.807, 2.05) is 0 Å². The molecular formula is C31H32N4O9S2. The third kappa shape index (κ3) is 9.12. The summed E-state index contributed by atoms with van der Waals surface area (Å²) in [6.45, 7) is 4.09. The minimum Gasteiger partial charge on any atom is -0.508 e. The van der Waals surface area contributed by atoms with Gasteiger partial charge in [-0.1, -0.05) is 18.2 Å². The first kappa shape index (κ1) is 33.6. The molecule has 46 heavy (non-hydrogen) atoms. The predicted octanol–water partition coefficient (Wildman–Crippen LogP) is 4.74. The highest BCUT2D eigenvalue weighted by atomic mass is 32.2. The zero-order valence-corrected chi connectivity index (χ0v) is 26.4. The van der Waals surface area contributed by atoms with Gasteiger partial charge in [-0.25, -0.2) is 9.59 Å². The Morgan fingerprint density at radius 3 is 2.04 bits per heavy atom. The van der Waals surface area contributed by atoms with Gasteiger partial charge in [-0.3, -0.25) is 0 Å². The summed E-state index contributed by atoms with van der Waals surface area (Å²) in [5.41, 5.74) is 1.91. The molecule has 13 nitrogen and oxygen atoms in total. The van der Waals surface area contributed by atoms with E-state index >= 15 is 0 Å². The fraction of sp³-hybridized carbons (Fsp3) is 0.161. The van der Waals surface area contributed by atoms with Crippen LogP contribution in [-0.4, -0.2) is 47.1 Å². The second kappa shape index (κ2) is 14.7. The second-order valence-corrected chi connectivity index (χ2v) is 12.9. The topological polar surface area (TPSA) is 189 Å². The van der Waals surface area contributed by atoms with Crippen LogP contribution in [-0.2, 0) is 26.7 Å². The summed E-state index contributed by atoms with van der Waals surface area (Å²) in [7, 11) is -8.39. The van der Waals surface area contributed by atoms with Gasteiger partial charge in [0.25, 0.3) is 0 Å². The summed E-state index contributed by atoms with van der Waals surface area (Å²) >= 11 is 0. The van der Waals surface area contributed by atoms with E-state index in [-0.39, 0.29) is 39.3 Å². The van der Waals surface area contributed by atoms with Crippen molar-refractivity contribution in [1.82, 2.24) is 10.6 Å². The van der Waals surface area contributed by atoms with Crippen molar-refractivity contribution in [2.24, 2.45) is 0 Å². The van der Waals surface area contributed by atoms with Crippen LogP contribution < -0.4 is 29.6 Å². The van der Waals surface area contributed by atoms with E-state index < -0.39 is 32.3 Å². The first-order chi connectivity index (χ1) is 21.9. The second-order valence-electron chi connectivity index (χ2n) is 9.78. The number of aromatic hydroxyl groups is 1. The van der Waals surface area contributed by atoms with Gasteiger partial charge in [0.05, 0.1) is 0 Å². The lowest BCUT2D eigenvalue weighted by Gasteiger charge is -2.14. The average molecular weight is 669 g/mol. The maximum Gasteiger partial charge on any atom is 0.339 e. The Hall–Kier alpha value is -5.28. The number of phenols is 1. The summed E-state index contributed by atoms with van der Waals surface area (Å²) in [6, 6.07) is 20.2. The molecule has 0 unspecified atom stereocenters. The summed E-state index contributed by atoms with van der Waals surface area (Å²) < 4.78 is 61.7. The number of carbonyl (C=O) groups is 2. The third-order valence-corrected chi connectivity index (χ3v) is 8.93. The van der Waals surface area contributed by atoms with Crippen molar-refractivity contribution in [3.63, 3.8) is 0 Å². The lowest BCUT2D eigenvalue weighted by Crippen LogP contribution is -2.30. The van der Waals surface area contributed by atoms with Gasteiger partial charge < -0.3 is 34.7 Å². The van der Waals surface area contributed by atoms with Crippen LogP contribution in [0.15, 0.2) is 101 Å². The van der Waals surface area contributed by atoms with Crippen LogP contribution in [0.3, 0.4) is 0 Å². The molecule has 0 saturated heterocycles. The van der Waals surface area contributed by atoms with Gasteiger partial charge in [0, 0.05) is 24.5 Å². The van der Waals surface area contributed by atoms with E-state index in [9.17, 15) is 31.5 Å². The standard InChI is InChI=1S/C31H32N4O9S2/c1-3-32-30(37)34-23-10-16-27(17-11-23)45(39,40)44-29-9-4-6-22(21(29)2)18-19-33-31(38)35-24-7-5-8-28(20-24)46(41,42)43-26-14-12-25(36)13-15-26/h4-17,20,36H,3,18-19H2,1-2H3,(H2,32,34,37)(H2,33,35,38). The van der Waals surface area contributed by atoms with Gasteiger partial charge >= 0.3 is 32.3 Å². The predicted molar refractivity (Wildman–Crippen MR) is 171 cm³/mol. The van der Waals surface area contributed by atoms with Gasteiger partial charge in [-0.05, 0) is 104 Å². The zero-order valence-electron chi connectivity index (χ0n) is 24.8. The molecule has 0 aliphatic carbocycles. The fourth-order valence-electron chi connectivity index (χ4n) is 4.12. The van der Waals surface area contributed by atoms with Crippen LogP contribution in [0.1, 0.15) is 18.1 Å². The van der Waals surface area contributed by atoms with Crippen molar-refractivity contribution in [1.29, 1.82) is 0 Å². The van der Waals surface area contributed by atoms with Crippen LogP contribution in [0.5, 0.6) is 17.2 Å². The van der Waals surface area contributed by atoms with Crippen molar-refractivity contribution in [3.05, 3.63) is 102 Å². The average Bonchev–Trinajstić information content (AvgIpc) is 3.00. The number of rotatable bonds is 12. The van der Waals surface area contributed by atoms with Crippen LogP contribution in [0.4, 0.5) is 21.0 Å². The number of carbonyl (C=O) groups excluding carboxylic acids is 2. The first-order valence-corrected chi connectivity index (χ1v) is 16.7. The van der Waals surface area contributed by atoms with Gasteiger partial charge in [0.1, 0.15) is 27.0 Å². The van der Waals surface area contributed by atoms with E-state index in [0.29, 0.717) is 24.2 Å². The zero-order chi connectivity index (χ0) is 33.3. The van der Waals surface area contributed by atoms with E-state index in [1.165, 1.54) is 78.9 Å². The maximum atomic E-state index is 12.9. The van der Waals surface area contributed by atoms with Gasteiger partial charge in [0.15, 0.2) is 0 Å². The van der Waals surface area contributed by atoms with Gasteiger partial charge in [0.2, 0.25) is 0 Å². The van der Waals surface area contributed by atoms with Crippen LogP contribution in [0.25, 0.3) is 0 Å². The Labute approximate surface area is 266 Å². The number of hydrogen-bond donors (Lipinski definition) is 5. The molecule has 0 saturated carbocycles. The highest BCUT2D eigenvalue weighted by Gasteiger charge is 2.20. The number of amides is 4. The molecule has 0 bridgehead atoms. The monoisotopic (exact) mass is 668 g/mol. The molecule has 15 heteroatoms. The molecule has 4 amide bonds. The highest BCUT2D eigenvalue weighted by Crippen LogP contribution is 2.27. The third-order valence-electron chi connectivity index (χ3n) is 6.44. The molecule has 0 radical (unpaired) electrons. The molecule has 5 N–H and O–H groups in total. The lowest BCUT2D eigenvalue weighted by atomic mass is 10.1. The van der Waals surface area contributed by atoms with Gasteiger partial charge in [-0.2, -0.15) is 16.8 Å². The van der Waals surface area contributed by atoms with E-state index in [0.717, 1.165) is 5.56 Å². The SMILES string of the molecule is CCNC(=O)Nc1ccc(S(=O)(=O)Oc2cccc(CCNC(=O)Nc3cccc(S(=O)(=O)Oc4ccc(O)cc4)c3)c2C)cc1. The maximum absolute atomic E-state index is 12.9. The molecule has 242 valence electrons. The van der Waals surface area contributed by atoms with E-state index in [4.69, 9.17) is 8.37 Å². The number of urea groups is 2. The van der Waals surface area contributed by atoms with E-state index in [1.54, 1.807) is 26.0 Å². The van der Waals surface area contributed by atoms with Crippen molar-refractivity contribution < 1.29 is 39.9 Å². The summed E-state index contributed by atoms with van der Waals surface area (Å²) in [5.74, 6) is 0.0922. The Balaban J connectivity index is 1.33. The minimum atomic E-state index is -4.21. The molecule has 0 fully saturated rings. The molecule has 0 aliphatic heterocycles. The number of benzene rings is 4. The molecule has 4 rings (SSSR count). The fourth-order valence-corrected chi connectivity index (χ4v) is 6.08. The van der Waals surface area contributed by atoms with Crippen LogP contribution in [0, 0.1) is 6.92 Å². The quantitative estimate of drug-likeness (QED) is 0.133. The largest absolute Gasteiger partial charge is 0.508 e. The summed E-state index contributed by atoms with van der Waals surface area (Å²) in [6.07, 6.45) is 0.339. The van der Waals surface area contributed by atoms with Crippen LogP contribution >= 0.6 is 0 Å². The Morgan fingerprint density at radius 2 is 1.35 bits per heavy atom. The molecule has 0 aromatic heterocycles. The number of phenolic OH excluding ortho intramolecular Hbond substituents is 1. The molecule has 4 aromatic rings. The van der Waals surface area contributed by atoms with Crippen LogP contribution in [0.2, 0.25) is 0 Å². The summed E-state index contributed by atoms with van der Waals surface area (Å²) in [5, 5.41) is 19.8. The van der Waals surface area contributed by atoms with Gasteiger partial charge in [-0.15, -0.1) is 0 Å². The Morgan fingerprint density at radius 1 is 0.717 bits per heavy atom. The minimum absolute atomic E-state index is 0.0114. The van der Waals surface area contributed by atoms with Crippen molar-refractivity contribution >= 4 is 43.7 Å². The molecule has 0 spiro atoms.